The van der Waals surface area contributed by atoms with Crippen LogP contribution in [0.3, 0.4) is 0 Å². The molecule has 0 unspecified atom stereocenters. The van der Waals surface area contributed by atoms with Gasteiger partial charge in [-0.05, 0) is 30.3 Å². The Morgan fingerprint density at radius 2 is 1.94 bits per heavy atom. The van der Waals surface area contributed by atoms with Crippen molar-refractivity contribution >= 4 is 0 Å². The van der Waals surface area contributed by atoms with Crippen molar-refractivity contribution in [2.45, 2.75) is 0 Å². The van der Waals surface area contributed by atoms with Crippen molar-refractivity contribution in [3.05, 3.63) is 57.9 Å². The maximum absolute atomic E-state index is 13.4. The molecule has 0 spiro atoms. The van der Waals surface area contributed by atoms with Crippen molar-refractivity contribution < 1.29 is 8.78 Å². The summed E-state index contributed by atoms with van der Waals surface area (Å²) in [7, 11) is 0. The zero-order valence-electron chi connectivity index (χ0n) is 8.50. The number of aromatic amines is 1. The van der Waals surface area contributed by atoms with Crippen LogP contribution < -0.4 is 5.56 Å². The van der Waals surface area contributed by atoms with Crippen molar-refractivity contribution in [1.82, 2.24) is 4.98 Å². The normalized spacial score (nSPS) is 9.94. The van der Waals surface area contributed by atoms with E-state index in [-0.39, 0.29) is 16.8 Å². The van der Waals surface area contributed by atoms with Crippen LogP contribution in [0.4, 0.5) is 8.78 Å². The fourth-order valence-electron chi connectivity index (χ4n) is 1.42. The average Bonchev–Trinajstić information content (AvgIpc) is 2.32. The summed E-state index contributed by atoms with van der Waals surface area (Å²) in [6.45, 7) is 0. The van der Waals surface area contributed by atoms with Crippen LogP contribution in [-0.2, 0) is 0 Å². The number of aromatic nitrogens is 1. The summed E-state index contributed by atoms with van der Waals surface area (Å²) in [5.41, 5.74) is -0.628. The van der Waals surface area contributed by atoms with Crippen LogP contribution in [-0.4, -0.2) is 4.98 Å². The van der Waals surface area contributed by atoms with Crippen molar-refractivity contribution in [3.63, 3.8) is 0 Å². The summed E-state index contributed by atoms with van der Waals surface area (Å²) in [5, 5.41) is 8.57. The Morgan fingerprint density at radius 3 is 2.59 bits per heavy atom. The molecule has 0 aliphatic heterocycles. The first-order valence-corrected chi connectivity index (χ1v) is 4.70. The second-order valence-corrected chi connectivity index (χ2v) is 3.35. The van der Waals surface area contributed by atoms with Crippen molar-refractivity contribution in [1.29, 1.82) is 5.26 Å². The van der Waals surface area contributed by atoms with Gasteiger partial charge in [0.05, 0.1) is 5.69 Å². The second-order valence-electron chi connectivity index (χ2n) is 3.35. The molecular formula is C12H6F2N2O. The van der Waals surface area contributed by atoms with Gasteiger partial charge >= 0.3 is 0 Å². The molecule has 0 bridgehead atoms. The predicted molar refractivity (Wildman–Crippen MR) is 57.1 cm³/mol. The van der Waals surface area contributed by atoms with E-state index in [0.717, 1.165) is 18.2 Å². The Balaban J connectivity index is 2.62. The van der Waals surface area contributed by atoms with E-state index in [4.69, 9.17) is 5.26 Å². The van der Waals surface area contributed by atoms with Crippen molar-refractivity contribution in [3.8, 4) is 17.3 Å². The number of nitrogens with zero attached hydrogens (tertiary/aromatic N) is 1. The Hall–Kier alpha value is -2.48. The summed E-state index contributed by atoms with van der Waals surface area (Å²) in [6.07, 6.45) is 0. The van der Waals surface area contributed by atoms with Gasteiger partial charge in [-0.25, -0.2) is 8.78 Å². The standard InChI is InChI=1S/C12H6F2N2O/c13-8-2-3-10(14)9(5-8)11-4-1-7(6-15)12(17)16-11/h1-5H,(H,16,17). The minimum absolute atomic E-state index is 0.0495. The van der Waals surface area contributed by atoms with Gasteiger partial charge in [-0.2, -0.15) is 5.26 Å². The largest absolute Gasteiger partial charge is 0.321 e. The van der Waals surface area contributed by atoms with E-state index in [1.165, 1.54) is 12.1 Å². The molecule has 0 saturated carbocycles. The number of rotatable bonds is 1. The third-order valence-corrected chi connectivity index (χ3v) is 2.25. The van der Waals surface area contributed by atoms with Gasteiger partial charge in [0.1, 0.15) is 23.3 Å². The summed E-state index contributed by atoms with van der Waals surface area (Å²) in [6, 6.07) is 7.25. The highest BCUT2D eigenvalue weighted by Gasteiger charge is 2.08. The fourth-order valence-corrected chi connectivity index (χ4v) is 1.42. The molecule has 0 radical (unpaired) electrons. The molecule has 1 N–H and O–H groups in total. The summed E-state index contributed by atoms with van der Waals surface area (Å²) < 4.78 is 26.4. The molecule has 1 heterocycles. The number of H-pyrrole nitrogens is 1. The Bertz CT molecular complexity index is 671. The molecule has 0 fully saturated rings. The monoisotopic (exact) mass is 232 g/mol. The van der Waals surface area contributed by atoms with E-state index in [1.54, 1.807) is 6.07 Å². The number of halogens is 2. The minimum atomic E-state index is -0.647. The zero-order chi connectivity index (χ0) is 12.4. The van der Waals surface area contributed by atoms with Crippen LogP contribution >= 0.6 is 0 Å². The van der Waals surface area contributed by atoms with E-state index in [0.29, 0.717) is 0 Å². The first kappa shape index (κ1) is 11.0. The maximum atomic E-state index is 13.4. The van der Waals surface area contributed by atoms with Gasteiger partial charge in [-0.15, -0.1) is 0 Å². The van der Waals surface area contributed by atoms with E-state index in [9.17, 15) is 13.6 Å². The van der Waals surface area contributed by atoms with Crippen LogP contribution in [0.5, 0.6) is 0 Å². The van der Waals surface area contributed by atoms with Crippen molar-refractivity contribution in [2.75, 3.05) is 0 Å². The summed E-state index contributed by atoms with van der Waals surface area (Å²) in [5.74, 6) is -1.25. The van der Waals surface area contributed by atoms with E-state index in [2.05, 4.69) is 4.98 Å². The minimum Gasteiger partial charge on any atom is -0.321 e. The first-order chi connectivity index (χ1) is 8.11. The molecular weight excluding hydrogens is 226 g/mol. The van der Waals surface area contributed by atoms with Crippen LogP contribution in [0.15, 0.2) is 35.1 Å². The lowest BCUT2D eigenvalue weighted by molar-refractivity contribution is 0.602. The van der Waals surface area contributed by atoms with Gasteiger partial charge in [-0.1, -0.05) is 0 Å². The highest BCUT2D eigenvalue weighted by Crippen LogP contribution is 2.20. The molecule has 0 atom stereocenters. The lowest BCUT2D eigenvalue weighted by atomic mass is 10.1. The zero-order valence-corrected chi connectivity index (χ0v) is 8.50. The van der Waals surface area contributed by atoms with Gasteiger partial charge in [-0.3, -0.25) is 4.79 Å². The lowest BCUT2D eigenvalue weighted by Gasteiger charge is -2.03. The molecule has 1 aromatic carbocycles. The number of hydrogen-bond donors (Lipinski definition) is 1. The van der Waals surface area contributed by atoms with E-state index < -0.39 is 17.2 Å². The third kappa shape index (κ3) is 2.06. The highest BCUT2D eigenvalue weighted by atomic mass is 19.1. The van der Waals surface area contributed by atoms with Crippen LogP contribution in [0.25, 0.3) is 11.3 Å². The first-order valence-electron chi connectivity index (χ1n) is 4.70. The Kier molecular flexibility index (Phi) is 2.71. The van der Waals surface area contributed by atoms with Crippen LogP contribution in [0, 0.1) is 23.0 Å². The SMILES string of the molecule is N#Cc1ccc(-c2cc(F)ccc2F)[nH]c1=O. The third-order valence-electron chi connectivity index (χ3n) is 2.25. The molecule has 0 aliphatic carbocycles. The number of nitrogens with one attached hydrogen (secondary N) is 1. The average molecular weight is 232 g/mol. The quantitative estimate of drug-likeness (QED) is 0.819. The predicted octanol–water partition coefficient (Wildman–Crippen LogP) is 2.19. The molecule has 84 valence electrons. The van der Waals surface area contributed by atoms with Gasteiger partial charge in [0, 0.05) is 5.56 Å². The Morgan fingerprint density at radius 1 is 1.18 bits per heavy atom. The molecule has 2 aromatic rings. The van der Waals surface area contributed by atoms with Gasteiger partial charge in [0.25, 0.3) is 5.56 Å². The number of pyridine rings is 1. The van der Waals surface area contributed by atoms with Gasteiger partial charge in [0.15, 0.2) is 0 Å². The summed E-state index contributed by atoms with van der Waals surface area (Å²) >= 11 is 0. The van der Waals surface area contributed by atoms with E-state index in [1.807, 2.05) is 0 Å². The number of nitriles is 1. The molecule has 0 aliphatic rings. The molecule has 3 nitrogen and oxygen atoms in total. The summed E-state index contributed by atoms with van der Waals surface area (Å²) in [4.78, 5) is 13.7. The van der Waals surface area contributed by atoms with Gasteiger partial charge in [0.2, 0.25) is 0 Å². The van der Waals surface area contributed by atoms with Crippen LogP contribution in [0.1, 0.15) is 5.56 Å². The topological polar surface area (TPSA) is 56.6 Å². The molecule has 1 aromatic heterocycles. The maximum Gasteiger partial charge on any atom is 0.266 e. The molecule has 0 amide bonds. The Labute approximate surface area is 95.0 Å². The van der Waals surface area contributed by atoms with E-state index >= 15 is 0 Å². The second kappa shape index (κ2) is 4.18. The smallest absolute Gasteiger partial charge is 0.266 e. The molecule has 5 heteroatoms. The number of hydrogen-bond acceptors (Lipinski definition) is 2. The fraction of sp³-hybridized carbons (Fsp3) is 0. The molecule has 0 saturated heterocycles. The lowest BCUT2D eigenvalue weighted by Crippen LogP contribution is -2.10. The molecule has 17 heavy (non-hydrogen) atoms. The highest BCUT2D eigenvalue weighted by molar-refractivity contribution is 5.60. The number of benzene rings is 1. The van der Waals surface area contributed by atoms with Crippen LogP contribution in [0.2, 0.25) is 0 Å². The van der Waals surface area contributed by atoms with Crippen molar-refractivity contribution in [2.24, 2.45) is 0 Å². The molecule has 2 rings (SSSR count). The van der Waals surface area contributed by atoms with Gasteiger partial charge < -0.3 is 4.98 Å².